The number of halogens is 3. The zero-order valence-electron chi connectivity index (χ0n) is 10.6. The van der Waals surface area contributed by atoms with E-state index in [4.69, 9.17) is 5.11 Å². The molecule has 1 aromatic carbocycles. The van der Waals surface area contributed by atoms with Crippen LogP contribution in [0.15, 0.2) is 24.3 Å². The monoisotopic (exact) mass is 304 g/mol. The Labute approximate surface area is 117 Å². The van der Waals surface area contributed by atoms with Crippen LogP contribution >= 0.6 is 0 Å². The van der Waals surface area contributed by atoms with Gasteiger partial charge >= 0.3 is 18.1 Å². The zero-order chi connectivity index (χ0) is 16.0. The molecule has 8 heteroatoms. The van der Waals surface area contributed by atoms with Gasteiger partial charge in [-0.15, -0.1) is 0 Å². The molecule has 1 aromatic rings. The van der Waals surface area contributed by atoms with Crippen molar-refractivity contribution in [2.24, 2.45) is 0 Å². The molecular weight excluding hydrogens is 293 g/mol. The molecule has 21 heavy (non-hydrogen) atoms. The molecule has 0 fully saturated rings. The summed E-state index contributed by atoms with van der Waals surface area (Å²) >= 11 is 0. The number of hydrogen-bond donors (Lipinski definition) is 1. The van der Waals surface area contributed by atoms with E-state index in [1.807, 2.05) is 0 Å². The first-order chi connectivity index (χ1) is 9.70. The summed E-state index contributed by atoms with van der Waals surface area (Å²) < 4.78 is 42.0. The van der Waals surface area contributed by atoms with E-state index in [1.54, 1.807) is 0 Å². The zero-order valence-corrected chi connectivity index (χ0v) is 10.6. The second-order valence-electron chi connectivity index (χ2n) is 4.09. The number of esters is 1. The summed E-state index contributed by atoms with van der Waals surface area (Å²) in [6, 6.07) is 4.26. The third-order valence-corrected chi connectivity index (χ3v) is 2.45. The Bertz CT molecular complexity index is 551. The number of alkyl halides is 3. The van der Waals surface area contributed by atoms with E-state index in [0.29, 0.717) is 0 Å². The van der Waals surface area contributed by atoms with Crippen LogP contribution in [0.1, 0.15) is 24.0 Å². The van der Waals surface area contributed by atoms with E-state index in [1.165, 1.54) is 12.1 Å². The third-order valence-electron chi connectivity index (χ3n) is 2.45. The SMILES string of the molecule is O=C(CCC(=O)C(=O)O)OCc1cccc(C(F)(F)F)c1. The standard InChI is InChI=1S/C13H11F3O5/c14-13(15,16)9-3-1-2-8(6-9)7-21-11(18)5-4-10(17)12(19)20/h1-3,6H,4-5,7H2,(H,19,20). The first-order valence-corrected chi connectivity index (χ1v) is 5.78. The predicted molar refractivity (Wildman–Crippen MR) is 63.1 cm³/mol. The summed E-state index contributed by atoms with van der Waals surface area (Å²) in [5, 5.41) is 8.30. The molecule has 0 saturated heterocycles. The van der Waals surface area contributed by atoms with Crippen molar-refractivity contribution >= 4 is 17.7 Å². The van der Waals surface area contributed by atoms with Crippen molar-refractivity contribution in [3.05, 3.63) is 35.4 Å². The molecule has 0 heterocycles. The first kappa shape index (κ1) is 16.7. The van der Waals surface area contributed by atoms with Crippen LogP contribution < -0.4 is 0 Å². The molecule has 5 nitrogen and oxygen atoms in total. The number of carboxylic acid groups (broad SMARTS) is 1. The molecule has 0 aliphatic heterocycles. The van der Waals surface area contributed by atoms with Crippen LogP contribution in [-0.2, 0) is 31.9 Å². The minimum absolute atomic E-state index is 0.141. The molecule has 0 saturated carbocycles. The van der Waals surface area contributed by atoms with Crippen molar-refractivity contribution in [1.82, 2.24) is 0 Å². The molecule has 0 amide bonds. The second kappa shape index (κ2) is 6.87. The van der Waals surface area contributed by atoms with Gasteiger partial charge in [-0.25, -0.2) is 4.79 Å². The summed E-state index contributed by atoms with van der Waals surface area (Å²) in [7, 11) is 0. The number of hydrogen-bond acceptors (Lipinski definition) is 4. The van der Waals surface area contributed by atoms with Gasteiger partial charge in [-0.2, -0.15) is 13.2 Å². The van der Waals surface area contributed by atoms with Gasteiger partial charge in [0.2, 0.25) is 5.78 Å². The lowest BCUT2D eigenvalue weighted by molar-refractivity contribution is -0.151. The largest absolute Gasteiger partial charge is 0.476 e. The minimum atomic E-state index is -4.49. The van der Waals surface area contributed by atoms with Gasteiger partial charge in [0, 0.05) is 6.42 Å². The topological polar surface area (TPSA) is 80.7 Å². The van der Waals surface area contributed by atoms with Gasteiger partial charge in [-0.1, -0.05) is 12.1 Å². The second-order valence-corrected chi connectivity index (χ2v) is 4.09. The van der Waals surface area contributed by atoms with Crippen molar-refractivity contribution in [2.45, 2.75) is 25.6 Å². The number of aliphatic carboxylic acids is 1. The first-order valence-electron chi connectivity index (χ1n) is 5.78. The van der Waals surface area contributed by atoms with E-state index in [9.17, 15) is 27.6 Å². The molecule has 0 unspecified atom stereocenters. The van der Waals surface area contributed by atoms with Crippen LogP contribution in [0.4, 0.5) is 13.2 Å². The minimum Gasteiger partial charge on any atom is -0.476 e. The van der Waals surface area contributed by atoms with Gasteiger partial charge in [0.25, 0.3) is 0 Å². The maximum atomic E-state index is 12.5. The van der Waals surface area contributed by atoms with Crippen molar-refractivity contribution in [1.29, 1.82) is 0 Å². The number of carbonyl (C=O) groups excluding carboxylic acids is 2. The van der Waals surface area contributed by atoms with Gasteiger partial charge in [-0.05, 0) is 17.7 Å². The summed E-state index contributed by atoms with van der Waals surface area (Å²) in [6.45, 7) is -0.385. The Balaban J connectivity index is 2.50. The number of Topliss-reactive ketones (excluding diaryl/α,β-unsaturated/α-hetero) is 1. The average Bonchev–Trinajstić information content (AvgIpc) is 2.41. The van der Waals surface area contributed by atoms with E-state index in [2.05, 4.69) is 4.74 Å². The summed E-state index contributed by atoms with van der Waals surface area (Å²) in [5.74, 6) is -3.64. The Kier molecular flexibility index (Phi) is 5.45. The van der Waals surface area contributed by atoms with Crippen molar-refractivity contribution in [2.75, 3.05) is 0 Å². The molecular formula is C13H11F3O5. The third kappa shape index (κ3) is 5.64. The van der Waals surface area contributed by atoms with Crippen LogP contribution in [0.5, 0.6) is 0 Å². The number of rotatable bonds is 6. The molecule has 0 bridgehead atoms. The molecule has 0 aromatic heterocycles. The highest BCUT2D eigenvalue weighted by molar-refractivity contribution is 6.32. The molecule has 0 spiro atoms. The Morgan fingerprint density at radius 1 is 1.14 bits per heavy atom. The fourth-order valence-corrected chi connectivity index (χ4v) is 1.40. The summed E-state index contributed by atoms with van der Waals surface area (Å²) in [5.41, 5.74) is -0.722. The van der Waals surface area contributed by atoms with E-state index in [-0.39, 0.29) is 12.2 Å². The average molecular weight is 304 g/mol. The molecule has 0 radical (unpaired) electrons. The maximum absolute atomic E-state index is 12.5. The highest BCUT2D eigenvalue weighted by Crippen LogP contribution is 2.29. The van der Waals surface area contributed by atoms with Crippen LogP contribution in [0.2, 0.25) is 0 Å². The van der Waals surface area contributed by atoms with Gasteiger partial charge in [-0.3, -0.25) is 9.59 Å². The molecule has 0 aliphatic rings. The predicted octanol–water partition coefficient (Wildman–Crippen LogP) is 2.18. The normalized spacial score (nSPS) is 11.0. The van der Waals surface area contributed by atoms with Crippen LogP contribution in [0, 0.1) is 0 Å². The smallest absolute Gasteiger partial charge is 0.416 e. The molecule has 1 N–H and O–H groups in total. The molecule has 0 atom stereocenters. The van der Waals surface area contributed by atoms with Gasteiger partial charge < -0.3 is 9.84 Å². The summed E-state index contributed by atoms with van der Waals surface area (Å²) in [4.78, 5) is 32.2. The van der Waals surface area contributed by atoms with Crippen molar-refractivity contribution in [3.63, 3.8) is 0 Å². The van der Waals surface area contributed by atoms with Crippen LogP contribution in [-0.4, -0.2) is 22.8 Å². The highest BCUT2D eigenvalue weighted by Gasteiger charge is 2.30. The number of carbonyl (C=O) groups is 3. The van der Waals surface area contributed by atoms with Crippen LogP contribution in [0.25, 0.3) is 0 Å². The van der Waals surface area contributed by atoms with E-state index < -0.39 is 42.3 Å². The van der Waals surface area contributed by atoms with E-state index in [0.717, 1.165) is 12.1 Å². The number of ketones is 1. The Morgan fingerprint density at radius 3 is 2.38 bits per heavy atom. The number of carboxylic acids is 1. The van der Waals surface area contributed by atoms with Crippen LogP contribution in [0.3, 0.4) is 0 Å². The van der Waals surface area contributed by atoms with Gasteiger partial charge in [0.15, 0.2) is 0 Å². The molecule has 114 valence electrons. The maximum Gasteiger partial charge on any atom is 0.416 e. The fraction of sp³-hybridized carbons (Fsp3) is 0.308. The lowest BCUT2D eigenvalue weighted by atomic mass is 10.1. The lowest BCUT2D eigenvalue weighted by Crippen LogP contribution is -2.15. The van der Waals surface area contributed by atoms with E-state index >= 15 is 0 Å². The fourth-order valence-electron chi connectivity index (χ4n) is 1.40. The number of ether oxygens (including phenoxy) is 1. The van der Waals surface area contributed by atoms with Crippen molar-refractivity contribution < 1.29 is 37.4 Å². The highest BCUT2D eigenvalue weighted by atomic mass is 19.4. The lowest BCUT2D eigenvalue weighted by Gasteiger charge is -2.09. The number of benzene rings is 1. The molecule has 1 rings (SSSR count). The van der Waals surface area contributed by atoms with Crippen molar-refractivity contribution in [3.8, 4) is 0 Å². The van der Waals surface area contributed by atoms with Gasteiger partial charge in [0.1, 0.15) is 6.61 Å². The Hall–Kier alpha value is -2.38. The summed E-state index contributed by atoms with van der Waals surface area (Å²) in [6.07, 6.45) is -5.45. The molecule has 0 aliphatic carbocycles. The quantitative estimate of drug-likeness (QED) is 0.643. The van der Waals surface area contributed by atoms with Gasteiger partial charge in [0.05, 0.1) is 12.0 Å². The Morgan fingerprint density at radius 2 is 1.81 bits per heavy atom.